The molecule has 1 rings (SSSR count). The lowest BCUT2D eigenvalue weighted by molar-refractivity contribution is -0.438. The van der Waals surface area contributed by atoms with Crippen LogP contribution in [0, 0.1) is 0 Å². The Bertz CT molecular complexity index is 655. The quantitative estimate of drug-likeness (QED) is 0.328. The van der Waals surface area contributed by atoms with Crippen LogP contribution in [0.15, 0.2) is 30.3 Å². The lowest BCUT2D eigenvalue weighted by Crippen LogP contribution is -2.68. The number of amides is 2. The first-order chi connectivity index (χ1) is 12.8. The fraction of sp³-hybridized carbons (Fsp3) is 0.412. The fourth-order valence-corrected chi connectivity index (χ4v) is 3.04. The zero-order valence-corrected chi connectivity index (χ0v) is 15.5. The normalized spacial score (nSPS) is 12.6. The molecule has 1 aromatic carbocycles. The molecule has 0 heterocycles. The number of carbonyl (C=O) groups excluding carboxylic acids is 4. The molecule has 0 aromatic heterocycles. The van der Waals surface area contributed by atoms with Crippen LogP contribution in [0.25, 0.3) is 0 Å². The van der Waals surface area contributed by atoms with Crippen molar-refractivity contribution in [1.82, 2.24) is 10.6 Å². The Morgan fingerprint density at radius 3 is 2.37 bits per heavy atom. The van der Waals surface area contributed by atoms with E-state index in [0.29, 0.717) is 5.75 Å². The molecule has 0 radical (unpaired) electrons. The van der Waals surface area contributed by atoms with Gasteiger partial charge in [0.25, 0.3) is 0 Å². The second kappa shape index (κ2) is 11.9. The number of quaternary nitrogens is 1. The number of aliphatic carboxylic acids is 2. The Balaban J connectivity index is 2.58. The van der Waals surface area contributed by atoms with Gasteiger partial charge in [-0.05, 0) is 5.56 Å². The van der Waals surface area contributed by atoms with Crippen LogP contribution in [0.5, 0.6) is 0 Å². The molecule has 27 heavy (non-hydrogen) atoms. The summed E-state index contributed by atoms with van der Waals surface area (Å²) in [6.45, 7) is -0.666. The number of hydrogen-bond acceptors (Lipinski definition) is 7. The number of nitrogens with one attached hydrogen (secondary N) is 2. The maximum absolute atomic E-state index is 12.1. The minimum Gasteiger partial charge on any atom is -0.548 e. The molecule has 0 fully saturated rings. The van der Waals surface area contributed by atoms with Gasteiger partial charge in [0, 0.05) is 24.3 Å². The van der Waals surface area contributed by atoms with Gasteiger partial charge < -0.3 is 36.2 Å². The monoisotopic (exact) mass is 396 g/mol. The summed E-state index contributed by atoms with van der Waals surface area (Å²) in [5.74, 6) is -3.16. The van der Waals surface area contributed by atoms with Gasteiger partial charge in [0.1, 0.15) is 12.1 Å². The number of carboxylic acids is 2. The van der Waals surface area contributed by atoms with Crippen molar-refractivity contribution in [1.29, 1.82) is 0 Å². The standard InChI is InChI=1S/C17H23N3O6S/c18-12(17(25)26)6-7-14(21)20-13(16(24)19-8-15(22)23)10-27-9-11-4-2-1-3-5-11/h1-5,12-13H,6-10,18H2,(H,19,24)(H,20,21)(H,22,23)(H,25,26)/p-1/t12-,13-/m0/s1. The number of carbonyl (C=O) groups is 4. The zero-order chi connectivity index (χ0) is 20.2. The number of carboxylic acid groups (broad SMARTS) is 2. The maximum Gasteiger partial charge on any atom is 0.243 e. The summed E-state index contributed by atoms with van der Waals surface area (Å²) in [4.78, 5) is 45.2. The smallest absolute Gasteiger partial charge is 0.243 e. The topological polar surface area (TPSA) is 166 Å². The van der Waals surface area contributed by atoms with Crippen molar-refractivity contribution in [2.75, 3.05) is 12.3 Å². The summed E-state index contributed by atoms with van der Waals surface area (Å²) in [6.07, 6.45) is -0.172. The molecule has 5 N–H and O–H groups in total. The summed E-state index contributed by atoms with van der Waals surface area (Å²) in [6, 6.07) is 7.50. The van der Waals surface area contributed by atoms with Gasteiger partial charge in [-0.2, -0.15) is 11.8 Å². The van der Waals surface area contributed by atoms with Crippen LogP contribution in [0.1, 0.15) is 18.4 Å². The summed E-state index contributed by atoms with van der Waals surface area (Å²) in [7, 11) is 0. The lowest BCUT2D eigenvalue weighted by atomic mass is 10.1. The third-order valence-corrected chi connectivity index (χ3v) is 4.61. The van der Waals surface area contributed by atoms with Crippen molar-refractivity contribution in [3.63, 3.8) is 0 Å². The van der Waals surface area contributed by atoms with E-state index in [1.54, 1.807) is 0 Å². The molecule has 0 aliphatic rings. The molecule has 10 heteroatoms. The van der Waals surface area contributed by atoms with E-state index in [2.05, 4.69) is 16.4 Å². The molecule has 9 nitrogen and oxygen atoms in total. The first-order valence-corrected chi connectivity index (χ1v) is 9.37. The highest BCUT2D eigenvalue weighted by Gasteiger charge is 2.21. The van der Waals surface area contributed by atoms with E-state index in [9.17, 15) is 29.4 Å². The van der Waals surface area contributed by atoms with Crippen LogP contribution in [0.2, 0.25) is 0 Å². The van der Waals surface area contributed by atoms with Crippen molar-refractivity contribution in [2.24, 2.45) is 0 Å². The van der Waals surface area contributed by atoms with Crippen LogP contribution in [0.3, 0.4) is 0 Å². The van der Waals surface area contributed by atoms with E-state index in [1.807, 2.05) is 30.3 Å². The van der Waals surface area contributed by atoms with Crippen molar-refractivity contribution in [2.45, 2.75) is 30.7 Å². The van der Waals surface area contributed by atoms with Gasteiger partial charge in [-0.15, -0.1) is 0 Å². The zero-order valence-electron chi connectivity index (χ0n) is 14.6. The lowest BCUT2D eigenvalue weighted by Gasteiger charge is -2.19. The molecule has 148 valence electrons. The van der Waals surface area contributed by atoms with Gasteiger partial charge in [0.2, 0.25) is 11.8 Å². The Labute approximate surface area is 160 Å². The van der Waals surface area contributed by atoms with Gasteiger partial charge in [0.05, 0.1) is 18.5 Å². The van der Waals surface area contributed by atoms with Crippen LogP contribution in [-0.4, -0.2) is 48.1 Å². The second-order valence-corrected chi connectivity index (χ2v) is 6.80. The van der Waals surface area contributed by atoms with Crippen molar-refractivity contribution in [3.8, 4) is 0 Å². The van der Waals surface area contributed by atoms with E-state index in [0.717, 1.165) is 5.56 Å². The van der Waals surface area contributed by atoms with Gasteiger partial charge in [0.15, 0.2) is 0 Å². The molecular formula is C17H22N3O6S-. The van der Waals surface area contributed by atoms with Crippen LogP contribution in [0.4, 0.5) is 0 Å². The van der Waals surface area contributed by atoms with Gasteiger partial charge in [-0.25, -0.2) is 0 Å². The first kappa shape index (κ1) is 22.5. The maximum atomic E-state index is 12.1. The number of thioether (sulfide) groups is 1. The predicted octanol–water partition coefficient (Wildman–Crippen LogP) is -3.59. The van der Waals surface area contributed by atoms with Crippen LogP contribution >= 0.6 is 11.8 Å². The first-order valence-electron chi connectivity index (χ1n) is 8.22. The molecular weight excluding hydrogens is 374 g/mol. The largest absolute Gasteiger partial charge is 0.548 e. The minimum absolute atomic E-state index is 0.0291. The average molecular weight is 396 g/mol. The van der Waals surface area contributed by atoms with Gasteiger partial charge in [-0.3, -0.25) is 9.59 Å². The highest BCUT2D eigenvalue weighted by atomic mass is 32.2. The summed E-state index contributed by atoms with van der Waals surface area (Å²) in [5, 5.41) is 25.8. The Morgan fingerprint density at radius 2 is 1.78 bits per heavy atom. The number of hydrogen-bond donors (Lipinski definition) is 3. The third kappa shape index (κ3) is 9.61. The molecule has 0 bridgehead atoms. The van der Waals surface area contributed by atoms with Crippen LogP contribution < -0.4 is 26.6 Å². The van der Waals surface area contributed by atoms with Crippen molar-refractivity contribution in [3.05, 3.63) is 35.9 Å². The molecule has 0 saturated heterocycles. The van der Waals surface area contributed by atoms with Crippen LogP contribution in [-0.2, 0) is 24.9 Å². The summed E-state index contributed by atoms with van der Waals surface area (Å²) < 4.78 is 0. The average Bonchev–Trinajstić information content (AvgIpc) is 2.64. The molecule has 2 atom stereocenters. The summed E-state index contributed by atoms with van der Waals surface area (Å²) >= 11 is 1.39. The van der Waals surface area contributed by atoms with Gasteiger partial charge >= 0.3 is 0 Å². The molecule has 2 amide bonds. The second-order valence-electron chi connectivity index (χ2n) is 5.77. The molecule has 0 saturated carbocycles. The Hall–Kier alpha value is -2.59. The molecule has 0 aliphatic heterocycles. The van der Waals surface area contributed by atoms with E-state index >= 15 is 0 Å². The third-order valence-electron chi connectivity index (χ3n) is 3.51. The Morgan fingerprint density at radius 1 is 1.11 bits per heavy atom. The molecule has 0 aliphatic carbocycles. The SMILES string of the molecule is [NH3+][C@@H](CCC(=O)N[C@@H](CSCc1ccccc1)C(=O)NCC(=O)[O-])C(=O)[O-]. The predicted molar refractivity (Wildman–Crippen MR) is 93.5 cm³/mol. The molecule has 0 unspecified atom stereocenters. The molecule has 0 spiro atoms. The highest BCUT2D eigenvalue weighted by molar-refractivity contribution is 7.98. The minimum atomic E-state index is -1.45. The molecule has 1 aromatic rings. The number of benzene rings is 1. The van der Waals surface area contributed by atoms with Gasteiger partial charge in [-0.1, -0.05) is 30.3 Å². The van der Waals surface area contributed by atoms with Crippen molar-refractivity contribution >= 4 is 35.5 Å². The fourth-order valence-electron chi connectivity index (χ4n) is 2.02. The van der Waals surface area contributed by atoms with E-state index in [1.165, 1.54) is 11.8 Å². The Kier molecular flexibility index (Phi) is 9.91. The van der Waals surface area contributed by atoms with Crippen molar-refractivity contribution < 1.29 is 35.1 Å². The number of rotatable bonds is 12. The van der Waals surface area contributed by atoms with E-state index in [4.69, 9.17) is 0 Å². The van der Waals surface area contributed by atoms with E-state index in [-0.39, 0.29) is 18.6 Å². The highest BCUT2D eigenvalue weighted by Crippen LogP contribution is 2.13. The summed E-state index contributed by atoms with van der Waals surface area (Å²) in [5.41, 5.74) is 4.40. The van der Waals surface area contributed by atoms with E-state index < -0.39 is 42.4 Å².